The van der Waals surface area contributed by atoms with E-state index in [9.17, 15) is 14.9 Å². The third kappa shape index (κ3) is 5.39. The highest BCUT2D eigenvalue weighted by atomic mass is 16.6. The summed E-state index contributed by atoms with van der Waals surface area (Å²) >= 11 is 0. The highest BCUT2D eigenvalue weighted by Gasteiger charge is 2.25. The van der Waals surface area contributed by atoms with E-state index in [1.165, 1.54) is 32.0 Å². The Morgan fingerprint density at radius 1 is 0.903 bits per heavy atom. The highest BCUT2D eigenvalue weighted by molar-refractivity contribution is 5.96. The van der Waals surface area contributed by atoms with Crippen LogP contribution >= 0.6 is 0 Å². The van der Waals surface area contributed by atoms with Crippen molar-refractivity contribution in [2.45, 2.75) is 12.8 Å². The number of carbonyl (C=O) groups is 1. The summed E-state index contributed by atoms with van der Waals surface area (Å²) in [5.74, 6) is -0.145. The Morgan fingerprint density at radius 3 is 2.19 bits per heavy atom. The zero-order valence-electron chi connectivity index (χ0n) is 17.7. The molecule has 2 heterocycles. The Kier molecular flexibility index (Phi) is 6.79. The van der Waals surface area contributed by atoms with Crippen molar-refractivity contribution in [3.63, 3.8) is 0 Å². The Bertz CT molecular complexity index is 907. The van der Waals surface area contributed by atoms with Crippen LogP contribution in [-0.2, 0) is 0 Å². The lowest BCUT2D eigenvalue weighted by molar-refractivity contribution is -0.383. The van der Waals surface area contributed by atoms with E-state index < -0.39 is 4.92 Å². The average molecular weight is 424 g/mol. The number of para-hydroxylation sites is 1. The Morgan fingerprint density at radius 2 is 1.55 bits per heavy atom. The number of nitro groups is 1. The predicted molar refractivity (Wildman–Crippen MR) is 121 cm³/mol. The number of piperazine rings is 1. The van der Waals surface area contributed by atoms with Crippen LogP contribution in [0.25, 0.3) is 0 Å². The molecule has 0 unspecified atom stereocenters. The highest BCUT2D eigenvalue weighted by Crippen LogP contribution is 2.29. The summed E-state index contributed by atoms with van der Waals surface area (Å²) in [6.45, 7) is 7.51. The zero-order chi connectivity index (χ0) is 21.6. The van der Waals surface area contributed by atoms with Crippen LogP contribution < -0.4 is 5.32 Å². The van der Waals surface area contributed by atoms with Crippen LogP contribution in [-0.4, -0.2) is 77.9 Å². The van der Waals surface area contributed by atoms with Gasteiger partial charge in [0.05, 0.1) is 4.92 Å². The third-order valence-corrected chi connectivity index (χ3v) is 6.08. The van der Waals surface area contributed by atoms with Gasteiger partial charge in [0.25, 0.3) is 11.6 Å². The lowest BCUT2D eigenvalue weighted by Gasteiger charge is -2.35. The van der Waals surface area contributed by atoms with Gasteiger partial charge in [0, 0.05) is 56.6 Å². The van der Waals surface area contributed by atoms with Crippen molar-refractivity contribution >= 4 is 23.0 Å². The van der Waals surface area contributed by atoms with E-state index in [0.29, 0.717) is 24.3 Å². The number of amides is 1. The van der Waals surface area contributed by atoms with E-state index in [1.807, 2.05) is 30.3 Å². The Labute approximate surface area is 182 Å². The SMILES string of the molecule is O=C(c1ccc(Nc2ccccc2)c([N+](=O)[O-])c1)N1CCN(CCN2CCCC2)CC1. The van der Waals surface area contributed by atoms with E-state index in [-0.39, 0.29) is 11.6 Å². The van der Waals surface area contributed by atoms with Gasteiger partial charge in [0.1, 0.15) is 5.69 Å². The molecule has 0 atom stereocenters. The van der Waals surface area contributed by atoms with E-state index in [1.54, 1.807) is 17.0 Å². The molecule has 2 aliphatic rings. The Balaban J connectivity index is 1.37. The van der Waals surface area contributed by atoms with Gasteiger partial charge in [-0.05, 0) is 50.2 Å². The van der Waals surface area contributed by atoms with Gasteiger partial charge in [0.15, 0.2) is 0 Å². The quantitative estimate of drug-likeness (QED) is 0.544. The summed E-state index contributed by atoms with van der Waals surface area (Å²) in [5, 5.41) is 14.7. The van der Waals surface area contributed by atoms with Gasteiger partial charge in [-0.15, -0.1) is 0 Å². The third-order valence-electron chi connectivity index (χ3n) is 6.08. The number of nitrogens with one attached hydrogen (secondary N) is 1. The lowest BCUT2D eigenvalue weighted by Crippen LogP contribution is -2.50. The van der Waals surface area contributed by atoms with Crippen LogP contribution in [0.1, 0.15) is 23.2 Å². The topological polar surface area (TPSA) is 82.0 Å². The number of nitro benzene ring substituents is 1. The van der Waals surface area contributed by atoms with Crippen molar-refractivity contribution in [3.8, 4) is 0 Å². The molecule has 0 saturated carbocycles. The standard InChI is InChI=1S/C23H29N5O3/c29-23(27-16-14-26(15-17-27)13-12-25-10-4-5-11-25)19-8-9-21(22(18-19)28(30)31)24-20-6-2-1-3-7-20/h1-3,6-9,18,24H,4-5,10-17H2. The molecule has 0 aromatic heterocycles. The van der Waals surface area contributed by atoms with Gasteiger partial charge in [-0.25, -0.2) is 0 Å². The van der Waals surface area contributed by atoms with Crippen molar-refractivity contribution < 1.29 is 9.72 Å². The molecule has 4 rings (SSSR count). The maximum atomic E-state index is 13.0. The fourth-order valence-electron chi connectivity index (χ4n) is 4.24. The summed E-state index contributed by atoms with van der Waals surface area (Å²) in [6, 6.07) is 13.9. The molecular formula is C23H29N5O3. The van der Waals surface area contributed by atoms with E-state index >= 15 is 0 Å². The number of hydrogen-bond acceptors (Lipinski definition) is 6. The first-order valence-electron chi connectivity index (χ1n) is 10.9. The van der Waals surface area contributed by atoms with E-state index in [2.05, 4.69) is 15.1 Å². The minimum absolute atomic E-state index is 0.0982. The van der Waals surface area contributed by atoms with Gasteiger partial charge in [-0.3, -0.25) is 19.8 Å². The molecule has 2 aliphatic heterocycles. The summed E-state index contributed by atoms with van der Waals surface area (Å²) in [5.41, 5.74) is 1.39. The number of likely N-dealkylation sites (tertiary alicyclic amines) is 1. The maximum Gasteiger partial charge on any atom is 0.293 e. The first-order valence-corrected chi connectivity index (χ1v) is 10.9. The van der Waals surface area contributed by atoms with Crippen LogP contribution in [0.15, 0.2) is 48.5 Å². The molecule has 2 saturated heterocycles. The van der Waals surface area contributed by atoms with Crippen molar-refractivity contribution in [2.75, 3.05) is 57.7 Å². The predicted octanol–water partition coefficient (Wildman–Crippen LogP) is 3.19. The van der Waals surface area contributed by atoms with Gasteiger partial charge in [-0.2, -0.15) is 0 Å². The minimum atomic E-state index is -0.446. The van der Waals surface area contributed by atoms with Crippen LogP contribution in [0.2, 0.25) is 0 Å². The van der Waals surface area contributed by atoms with Gasteiger partial charge < -0.3 is 15.1 Å². The molecule has 8 nitrogen and oxygen atoms in total. The zero-order valence-corrected chi connectivity index (χ0v) is 17.7. The van der Waals surface area contributed by atoms with E-state index in [0.717, 1.165) is 31.9 Å². The first-order chi connectivity index (χ1) is 15.1. The van der Waals surface area contributed by atoms with Crippen LogP contribution in [0.3, 0.4) is 0 Å². The molecule has 2 aromatic carbocycles. The van der Waals surface area contributed by atoms with Crippen molar-refractivity contribution in [2.24, 2.45) is 0 Å². The second-order valence-electron chi connectivity index (χ2n) is 8.16. The molecule has 1 N–H and O–H groups in total. The normalized spacial score (nSPS) is 17.6. The maximum absolute atomic E-state index is 13.0. The second kappa shape index (κ2) is 9.89. The first kappa shape index (κ1) is 21.3. The fraction of sp³-hybridized carbons (Fsp3) is 0.435. The molecule has 164 valence electrons. The Hall–Kier alpha value is -2.97. The average Bonchev–Trinajstić information content (AvgIpc) is 3.32. The largest absolute Gasteiger partial charge is 0.350 e. The van der Waals surface area contributed by atoms with Crippen molar-refractivity contribution in [1.29, 1.82) is 0 Å². The molecule has 0 spiro atoms. The molecule has 31 heavy (non-hydrogen) atoms. The summed E-state index contributed by atoms with van der Waals surface area (Å²) in [7, 11) is 0. The number of benzene rings is 2. The summed E-state index contributed by atoms with van der Waals surface area (Å²) in [4.78, 5) is 30.8. The molecule has 0 aliphatic carbocycles. The molecule has 8 heteroatoms. The number of nitrogens with zero attached hydrogens (tertiary/aromatic N) is 4. The van der Waals surface area contributed by atoms with Gasteiger partial charge in [-0.1, -0.05) is 18.2 Å². The van der Waals surface area contributed by atoms with Crippen molar-refractivity contribution in [1.82, 2.24) is 14.7 Å². The summed E-state index contributed by atoms with van der Waals surface area (Å²) < 4.78 is 0. The van der Waals surface area contributed by atoms with Crippen LogP contribution in [0, 0.1) is 10.1 Å². The molecule has 1 amide bonds. The molecule has 0 radical (unpaired) electrons. The molecule has 2 aromatic rings. The van der Waals surface area contributed by atoms with Crippen molar-refractivity contribution in [3.05, 3.63) is 64.2 Å². The summed E-state index contributed by atoms with van der Waals surface area (Å²) in [6.07, 6.45) is 2.60. The van der Waals surface area contributed by atoms with E-state index in [4.69, 9.17) is 0 Å². The van der Waals surface area contributed by atoms with Crippen LogP contribution in [0.4, 0.5) is 17.1 Å². The second-order valence-corrected chi connectivity index (χ2v) is 8.16. The molecule has 2 fully saturated rings. The smallest absolute Gasteiger partial charge is 0.293 e. The van der Waals surface area contributed by atoms with Crippen LogP contribution in [0.5, 0.6) is 0 Å². The monoisotopic (exact) mass is 423 g/mol. The number of rotatable bonds is 7. The van der Waals surface area contributed by atoms with Gasteiger partial charge in [0.2, 0.25) is 0 Å². The minimum Gasteiger partial charge on any atom is -0.350 e. The fourth-order valence-corrected chi connectivity index (χ4v) is 4.24. The number of carbonyl (C=O) groups excluding carboxylic acids is 1. The molecule has 0 bridgehead atoms. The lowest BCUT2D eigenvalue weighted by atomic mass is 10.1. The number of anilines is 2. The van der Waals surface area contributed by atoms with Gasteiger partial charge >= 0.3 is 0 Å². The molecular weight excluding hydrogens is 394 g/mol. The number of hydrogen-bond donors (Lipinski definition) is 1.